The minimum absolute atomic E-state index is 0.0596. The first-order chi connectivity index (χ1) is 12.2. The molecule has 0 aliphatic carbocycles. The van der Waals surface area contributed by atoms with Gasteiger partial charge in [0.1, 0.15) is 23.0 Å². The molecule has 6 heteroatoms. The van der Waals surface area contributed by atoms with Crippen molar-refractivity contribution in [2.45, 2.75) is 12.3 Å². The zero-order chi connectivity index (χ0) is 19.1. The largest absolute Gasteiger partial charge is 0.507 e. The molecule has 0 heterocycles. The molecule has 0 saturated heterocycles. The molecule has 26 heavy (non-hydrogen) atoms. The molecular formula is C20H16Cl2O4. The Balaban J connectivity index is 2.40. The fraction of sp³-hybridized carbons (Fsp3) is 0.100. The van der Waals surface area contributed by atoms with Crippen molar-refractivity contribution in [3.05, 3.63) is 81.3 Å². The molecular weight excluding hydrogens is 375 g/mol. The highest BCUT2D eigenvalue weighted by atomic mass is 35.5. The van der Waals surface area contributed by atoms with Gasteiger partial charge in [-0.05, 0) is 24.6 Å². The van der Waals surface area contributed by atoms with E-state index in [2.05, 4.69) is 0 Å². The first kappa shape index (κ1) is 18.2. The van der Waals surface area contributed by atoms with E-state index >= 15 is 0 Å². The number of aromatic hydroxyl groups is 4. The van der Waals surface area contributed by atoms with Gasteiger partial charge in [-0.3, -0.25) is 0 Å². The number of halogens is 2. The lowest BCUT2D eigenvalue weighted by atomic mass is 9.70. The molecule has 0 unspecified atom stereocenters. The van der Waals surface area contributed by atoms with Crippen molar-refractivity contribution in [3.63, 3.8) is 0 Å². The Bertz CT molecular complexity index is 914. The topological polar surface area (TPSA) is 80.9 Å². The third-order valence-corrected chi connectivity index (χ3v) is 5.16. The second kappa shape index (κ2) is 6.63. The Kier molecular flexibility index (Phi) is 4.65. The van der Waals surface area contributed by atoms with Crippen LogP contribution in [0.2, 0.25) is 10.0 Å². The molecule has 134 valence electrons. The summed E-state index contributed by atoms with van der Waals surface area (Å²) >= 11 is 12.1. The van der Waals surface area contributed by atoms with Gasteiger partial charge in [0.15, 0.2) is 0 Å². The molecule has 0 aliphatic rings. The van der Waals surface area contributed by atoms with Crippen LogP contribution in [0.25, 0.3) is 0 Å². The van der Waals surface area contributed by atoms with E-state index in [0.29, 0.717) is 11.1 Å². The summed E-state index contributed by atoms with van der Waals surface area (Å²) in [6.45, 7) is 1.78. The quantitative estimate of drug-likeness (QED) is 0.465. The lowest BCUT2D eigenvalue weighted by Gasteiger charge is -2.33. The summed E-state index contributed by atoms with van der Waals surface area (Å²) in [5, 5.41) is 40.7. The zero-order valence-electron chi connectivity index (χ0n) is 13.7. The van der Waals surface area contributed by atoms with E-state index in [4.69, 9.17) is 23.2 Å². The molecule has 0 atom stereocenters. The van der Waals surface area contributed by atoms with Crippen LogP contribution < -0.4 is 0 Å². The maximum absolute atomic E-state index is 10.5. The number of rotatable bonds is 3. The van der Waals surface area contributed by atoms with Gasteiger partial charge in [0, 0.05) is 28.7 Å². The number of hydrogen-bond donors (Lipinski definition) is 4. The fourth-order valence-corrected chi connectivity index (χ4v) is 3.46. The lowest BCUT2D eigenvalue weighted by Crippen LogP contribution is -2.25. The van der Waals surface area contributed by atoms with E-state index in [9.17, 15) is 20.4 Å². The predicted octanol–water partition coefficient (Wildman–Crippen LogP) is 5.17. The molecule has 3 aromatic rings. The minimum Gasteiger partial charge on any atom is -0.507 e. The van der Waals surface area contributed by atoms with Gasteiger partial charge in [-0.15, -0.1) is 0 Å². The first-order valence-electron chi connectivity index (χ1n) is 7.74. The molecule has 3 aromatic carbocycles. The number of phenolic OH excluding ortho intramolecular Hbond substituents is 4. The molecule has 4 N–H and O–H groups in total. The van der Waals surface area contributed by atoms with Crippen LogP contribution in [0.5, 0.6) is 23.0 Å². The summed E-state index contributed by atoms with van der Waals surface area (Å²) in [6.07, 6.45) is 0. The van der Waals surface area contributed by atoms with Gasteiger partial charge in [-0.25, -0.2) is 0 Å². The third-order valence-electron chi connectivity index (χ3n) is 4.56. The van der Waals surface area contributed by atoms with Crippen LogP contribution in [0.4, 0.5) is 0 Å². The van der Waals surface area contributed by atoms with E-state index in [1.807, 2.05) is 30.3 Å². The molecule has 0 aromatic heterocycles. The standard InChI is InChI=1S/C20H16Cl2O4/c1-20(11-5-3-2-4-6-11,12-7-14(21)18(25)9-16(12)23)13-8-15(22)19(26)10-17(13)24/h2-10,23-26H,1H3. The van der Waals surface area contributed by atoms with Crippen molar-refractivity contribution in [3.8, 4) is 23.0 Å². The van der Waals surface area contributed by atoms with Crippen LogP contribution in [0.1, 0.15) is 23.6 Å². The van der Waals surface area contributed by atoms with Gasteiger partial charge in [-0.2, -0.15) is 0 Å². The van der Waals surface area contributed by atoms with E-state index in [0.717, 1.165) is 17.7 Å². The summed E-state index contributed by atoms with van der Waals surface area (Å²) in [6, 6.07) is 14.4. The predicted molar refractivity (Wildman–Crippen MR) is 102 cm³/mol. The van der Waals surface area contributed by atoms with Crippen molar-refractivity contribution in [2.75, 3.05) is 0 Å². The van der Waals surface area contributed by atoms with Gasteiger partial charge in [0.25, 0.3) is 0 Å². The van der Waals surface area contributed by atoms with Crippen LogP contribution >= 0.6 is 23.2 Å². The Morgan fingerprint density at radius 2 is 1.08 bits per heavy atom. The molecule has 0 aliphatic heterocycles. The second-order valence-electron chi connectivity index (χ2n) is 6.13. The number of phenols is 4. The molecule has 0 radical (unpaired) electrons. The van der Waals surface area contributed by atoms with Crippen molar-refractivity contribution < 1.29 is 20.4 Å². The van der Waals surface area contributed by atoms with Gasteiger partial charge in [0.2, 0.25) is 0 Å². The summed E-state index contributed by atoms with van der Waals surface area (Å²) in [4.78, 5) is 0. The summed E-state index contributed by atoms with van der Waals surface area (Å²) in [5.74, 6) is -0.892. The fourth-order valence-electron chi connectivity index (χ4n) is 3.13. The zero-order valence-corrected chi connectivity index (χ0v) is 15.3. The van der Waals surface area contributed by atoms with Crippen molar-refractivity contribution in [2.24, 2.45) is 0 Å². The monoisotopic (exact) mass is 390 g/mol. The summed E-state index contributed by atoms with van der Waals surface area (Å²) in [5.41, 5.74) is 0.408. The van der Waals surface area contributed by atoms with E-state index in [-0.39, 0.29) is 33.0 Å². The molecule has 0 spiro atoms. The molecule has 4 nitrogen and oxygen atoms in total. The SMILES string of the molecule is CC(c1ccccc1)(c1cc(Cl)c(O)cc1O)c1cc(Cl)c(O)cc1O. The molecule has 0 bridgehead atoms. The van der Waals surface area contributed by atoms with E-state index < -0.39 is 5.41 Å². The smallest absolute Gasteiger partial charge is 0.137 e. The van der Waals surface area contributed by atoms with Gasteiger partial charge in [-0.1, -0.05) is 53.5 Å². The Hall–Kier alpha value is -2.56. The Morgan fingerprint density at radius 3 is 1.50 bits per heavy atom. The average molecular weight is 391 g/mol. The first-order valence-corrected chi connectivity index (χ1v) is 8.50. The van der Waals surface area contributed by atoms with Crippen LogP contribution in [-0.2, 0) is 5.41 Å². The minimum atomic E-state index is -1.07. The van der Waals surface area contributed by atoms with Gasteiger partial charge >= 0.3 is 0 Å². The van der Waals surface area contributed by atoms with Crippen LogP contribution in [0.3, 0.4) is 0 Å². The van der Waals surface area contributed by atoms with Gasteiger partial charge in [0.05, 0.1) is 10.0 Å². The number of benzene rings is 3. The highest BCUT2D eigenvalue weighted by Gasteiger charge is 2.37. The van der Waals surface area contributed by atoms with Crippen molar-refractivity contribution in [1.29, 1.82) is 0 Å². The highest BCUT2D eigenvalue weighted by molar-refractivity contribution is 6.32. The Morgan fingerprint density at radius 1 is 0.654 bits per heavy atom. The van der Waals surface area contributed by atoms with E-state index in [1.54, 1.807) is 6.92 Å². The Labute approximate surface area is 160 Å². The third kappa shape index (κ3) is 2.91. The highest BCUT2D eigenvalue weighted by Crippen LogP contribution is 2.49. The van der Waals surface area contributed by atoms with Gasteiger partial charge < -0.3 is 20.4 Å². The molecule has 3 rings (SSSR count). The van der Waals surface area contributed by atoms with Crippen LogP contribution in [-0.4, -0.2) is 20.4 Å². The molecule has 0 amide bonds. The molecule has 0 fully saturated rings. The lowest BCUT2D eigenvalue weighted by molar-refractivity contribution is 0.427. The van der Waals surface area contributed by atoms with Crippen molar-refractivity contribution >= 4 is 23.2 Å². The number of hydrogen-bond acceptors (Lipinski definition) is 4. The van der Waals surface area contributed by atoms with Crippen molar-refractivity contribution in [1.82, 2.24) is 0 Å². The average Bonchev–Trinajstić information content (AvgIpc) is 2.61. The normalized spacial score (nSPS) is 11.5. The maximum atomic E-state index is 10.5. The molecule has 0 saturated carbocycles. The maximum Gasteiger partial charge on any atom is 0.137 e. The summed E-state index contributed by atoms with van der Waals surface area (Å²) in [7, 11) is 0. The van der Waals surface area contributed by atoms with Crippen LogP contribution in [0, 0.1) is 0 Å². The van der Waals surface area contributed by atoms with E-state index in [1.165, 1.54) is 12.1 Å². The second-order valence-corrected chi connectivity index (χ2v) is 6.95. The van der Waals surface area contributed by atoms with Crippen LogP contribution in [0.15, 0.2) is 54.6 Å². The summed E-state index contributed by atoms with van der Waals surface area (Å²) < 4.78 is 0.